The number of carbonyl (C=O) groups excluding carboxylic acids is 1. The third kappa shape index (κ3) is 7.11. The Morgan fingerprint density at radius 2 is 1.68 bits per heavy atom. The zero-order valence-electron chi connectivity index (χ0n) is 15.0. The monoisotopic (exact) mass is 348 g/mol. The Balaban J connectivity index is 1.58. The molecule has 3 N–H and O–H groups in total. The third-order valence-corrected chi connectivity index (χ3v) is 4.54. The van der Waals surface area contributed by atoms with E-state index in [1.54, 1.807) is 19.2 Å². The number of rotatable bonds is 7. The van der Waals surface area contributed by atoms with Crippen LogP contribution in [-0.4, -0.2) is 38.5 Å². The molecule has 0 radical (unpaired) electrons. The zero-order valence-corrected chi connectivity index (χ0v) is 15.0. The lowest BCUT2D eigenvalue weighted by Crippen LogP contribution is -2.43. The molecule has 5 nitrogen and oxygen atoms in total. The Morgan fingerprint density at radius 3 is 2.36 bits per heavy atom. The summed E-state index contributed by atoms with van der Waals surface area (Å²) in [5.41, 5.74) is 1.07. The van der Waals surface area contributed by atoms with E-state index in [1.165, 1.54) is 31.4 Å². The normalized spacial score (nSPS) is 15.7. The Morgan fingerprint density at radius 1 is 1.04 bits per heavy atom. The molecule has 1 aliphatic carbocycles. The van der Waals surface area contributed by atoms with Crippen LogP contribution in [0.1, 0.15) is 37.7 Å². The zero-order chi connectivity index (χ0) is 17.9. The van der Waals surface area contributed by atoms with Crippen LogP contribution >= 0.6 is 0 Å². The Kier molecular flexibility index (Phi) is 8.22. The maximum absolute atomic E-state index is 12.9. The van der Waals surface area contributed by atoms with Gasteiger partial charge in [0.2, 0.25) is 5.91 Å². The SMILES string of the molecule is CN=C(NCCNC(=O)C1CCCCC1)NCCc1ccc(F)cc1. The van der Waals surface area contributed by atoms with Crippen LogP contribution in [0.2, 0.25) is 0 Å². The molecule has 0 saturated heterocycles. The first kappa shape index (κ1) is 19.2. The molecule has 1 aromatic carbocycles. The summed E-state index contributed by atoms with van der Waals surface area (Å²) in [5.74, 6) is 0.862. The first-order chi connectivity index (χ1) is 12.2. The van der Waals surface area contributed by atoms with Crippen molar-refractivity contribution in [3.63, 3.8) is 0 Å². The van der Waals surface area contributed by atoms with Gasteiger partial charge in [0.05, 0.1) is 0 Å². The highest BCUT2D eigenvalue weighted by molar-refractivity contribution is 5.80. The molecule has 0 bridgehead atoms. The topological polar surface area (TPSA) is 65.5 Å². The third-order valence-electron chi connectivity index (χ3n) is 4.54. The Labute approximate surface area is 149 Å². The molecule has 6 heteroatoms. The second kappa shape index (κ2) is 10.7. The van der Waals surface area contributed by atoms with Gasteiger partial charge in [-0.3, -0.25) is 9.79 Å². The van der Waals surface area contributed by atoms with Crippen LogP contribution in [0.15, 0.2) is 29.3 Å². The van der Waals surface area contributed by atoms with Gasteiger partial charge in [0.1, 0.15) is 5.82 Å². The largest absolute Gasteiger partial charge is 0.356 e. The fourth-order valence-electron chi connectivity index (χ4n) is 3.07. The minimum Gasteiger partial charge on any atom is -0.356 e. The van der Waals surface area contributed by atoms with Crippen molar-refractivity contribution in [3.05, 3.63) is 35.6 Å². The predicted molar refractivity (Wildman–Crippen MR) is 99.1 cm³/mol. The van der Waals surface area contributed by atoms with Gasteiger partial charge >= 0.3 is 0 Å². The summed E-state index contributed by atoms with van der Waals surface area (Å²) in [7, 11) is 1.72. The van der Waals surface area contributed by atoms with Crippen LogP contribution < -0.4 is 16.0 Å². The van der Waals surface area contributed by atoms with Crippen LogP contribution in [0.4, 0.5) is 4.39 Å². The fraction of sp³-hybridized carbons (Fsp3) is 0.579. The van der Waals surface area contributed by atoms with Crippen molar-refractivity contribution in [2.75, 3.05) is 26.7 Å². The summed E-state index contributed by atoms with van der Waals surface area (Å²) in [6.07, 6.45) is 6.42. The molecule has 0 heterocycles. The van der Waals surface area contributed by atoms with Crippen molar-refractivity contribution >= 4 is 11.9 Å². The number of nitrogens with one attached hydrogen (secondary N) is 3. The summed E-state index contributed by atoms with van der Waals surface area (Å²) in [6, 6.07) is 6.51. The molecule has 25 heavy (non-hydrogen) atoms. The molecule has 0 unspecified atom stereocenters. The van der Waals surface area contributed by atoms with E-state index >= 15 is 0 Å². The Bertz CT molecular complexity index is 553. The first-order valence-electron chi connectivity index (χ1n) is 9.15. The van der Waals surface area contributed by atoms with Gasteiger partial charge in [0.25, 0.3) is 0 Å². The molecule has 1 aromatic rings. The number of halogens is 1. The molecule has 0 aromatic heterocycles. The van der Waals surface area contributed by atoms with E-state index < -0.39 is 0 Å². The van der Waals surface area contributed by atoms with Gasteiger partial charge in [0, 0.05) is 32.6 Å². The van der Waals surface area contributed by atoms with Crippen LogP contribution in [0, 0.1) is 11.7 Å². The van der Waals surface area contributed by atoms with E-state index in [0.717, 1.165) is 24.8 Å². The highest BCUT2D eigenvalue weighted by Crippen LogP contribution is 2.23. The van der Waals surface area contributed by atoms with Crippen molar-refractivity contribution < 1.29 is 9.18 Å². The van der Waals surface area contributed by atoms with Crippen molar-refractivity contribution in [1.82, 2.24) is 16.0 Å². The average Bonchev–Trinajstić information content (AvgIpc) is 2.65. The predicted octanol–water partition coefficient (Wildman–Crippen LogP) is 2.23. The molecule has 0 atom stereocenters. The number of carbonyl (C=O) groups is 1. The number of hydrogen-bond acceptors (Lipinski definition) is 2. The molecule has 1 aliphatic rings. The maximum Gasteiger partial charge on any atom is 0.223 e. The highest BCUT2D eigenvalue weighted by Gasteiger charge is 2.20. The van der Waals surface area contributed by atoms with Crippen LogP contribution in [0.25, 0.3) is 0 Å². The molecular weight excluding hydrogens is 319 g/mol. The minimum atomic E-state index is -0.218. The fourth-order valence-corrected chi connectivity index (χ4v) is 3.07. The van der Waals surface area contributed by atoms with Crippen LogP contribution in [-0.2, 0) is 11.2 Å². The standard InChI is InChI=1S/C19H29FN4O/c1-21-19(23-12-11-15-7-9-17(20)10-8-15)24-14-13-22-18(25)16-5-3-2-4-6-16/h7-10,16H,2-6,11-14H2,1H3,(H,22,25)(H2,21,23,24). The number of nitrogens with zero attached hydrogens (tertiary/aromatic N) is 1. The Hall–Kier alpha value is -2.11. The number of aliphatic imine (C=N–C) groups is 1. The van der Waals surface area contributed by atoms with E-state index in [9.17, 15) is 9.18 Å². The molecule has 2 rings (SSSR count). The van der Waals surface area contributed by atoms with Gasteiger partial charge in [-0.25, -0.2) is 4.39 Å². The van der Waals surface area contributed by atoms with Crippen LogP contribution in [0.5, 0.6) is 0 Å². The number of guanidine groups is 1. The van der Waals surface area contributed by atoms with E-state index in [1.807, 2.05) is 0 Å². The lowest BCUT2D eigenvalue weighted by molar-refractivity contribution is -0.125. The lowest BCUT2D eigenvalue weighted by atomic mass is 9.89. The molecule has 138 valence electrons. The smallest absolute Gasteiger partial charge is 0.223 e. The van der Waals surface area contributed by atoms with Gasteiger partial charge in [-0.05, 0) is 37.0 Å². The van der Waals surface area contributed by atoms with E-state index in [2.05, 4.69) is 20.9 Å². The summed E-state index contributed by atoms with van der Waals surface area (Å²) < 4.78 is 12.9. The molecule has 0 spiro atoms. The molecular formula is C19H29FN4O. The van der Waals surface area contributed by atoms with E-state index in [4.69, 9.17) is 0 Å². The van der Waals surface area contributed by atoms with Gasteiger partial charge in [-0.15, -0.1) is 0 Å². The second-order valence-electron chi connectivity index (χ2n) is 6.43. The molecule has 1 saturated carbocycles. The van der Waals surface area contributed by atoms with Crippen molar-refractivity contribution in [3.8, 4) is 0 Å². The average molecular weight is 348 g/mol. The highest BCUT2D eigenvalue weighted by atomic mass is 19.1. The molecule has 1 fully saturated rings. The summed E-state index contributed by atoms with van der Waals surface area (Å²) in [4.78, 5) is 16.2. The number of hydrogen-bond donors (Lipinski definition) is 3. The first-order valence-corrected chi connectivity index (χ1v) is 9.15. The van der Waals surface area contributed by atoms with E-state index in [0.29, 0.717) is 25.6 Å². The van der Waals surface area contributed by atoms with Gasteiger partial charge in [0.15, 0.2) is 5.96 Å². The summed E-state index contributed by atoms with van der Waals surface area (Å²) in [6.45, 7) is 1.93. The summed E-state index contributed by atoms with van der Waals surface area (Å²) >= 11 is 0. The van der Waals surface area contributed by atoms with Crippen molar-refractivity contribution in [1.29, 1.82) is 0 Å². The van der Waals surface area contributed by atoms with Gasteiger partial charge in [-0.1, -0.05) is 31.4 Å². The minimum absolute atomic E-state index is 0.181. The van der Waals surface area contributed by atoms with Gasteiger partial charge in [-0.2, -0.15) is 0 Å². The molecule has 1 amide bonds. The van der Waals surface area contributed by atoms with Crippen LogP contribution in [0.3, 0.4) is 0 Å². The molecule has 0 aliphatic heterocycles. The quantitative estimate of drug-likeness (QED) is 0.402. The van der Waals surface area contributed by atoms with Crippen molar-refractivity contribution in [2.45, 2.75) is 38.5 Å². The lowest BCUT2D eigenvalue weighted by Gasteiger charge is -2.21. The second-order valence-corrected chi connectivity index (χ2v) is 6.43. The van der Waals surface area contributed by atoms with Gasteiger partial charge < -0.3 is 16.0 Å². The van der Waals surface area contributed by atoms with Crippen molar-refractivity contribution in [2.24, 2.45) is 10.9 Å². The summed E-state index contributed by atoms with van der Waals surface area (Å²) in [5, 5.41) is 9.40. The number of benzene rings is 1. The maximum atomic E-state index is 12.9. The number of amides is 1. The van der Waals surface area contributed by atoms with E-state index in [-0.39, 0.29) is 17.6 Å².